The first-order valence-corrected chi connectivity index (χ1v) is 7.99. The highest BCUT2D eigenvalue weighted by Gasteiger charge is 2.19. The van der Waals surface area contributed by atoms with Gasteiger partial charge in [-0.2, -0.15) is 0 Å². The average Bonchev–Trinajstić information content (AvgIpc) is 2.48. The molecule has 0 spiro atoms. The predicted octanol–water partition coefficient (Wildman–Crippen LogP) is 3.64. The summed E-state index contributed by atoms with van der Waals surface area (Å²) in [6.45, 7) is 4.00. The summed E-state index contributed by atoms with van der Waals surface area (Å²) < 4.78 is 0. The van der Waals surface area contributed by atoms with Crippen LogP contribution in [0.3, 0.4) is 0 Å². The molecule has 1 aliphatic carbocycles. The highest BCUT2D eigenvalue weighted by Crippen LogP contribution is 2.26. The van der Waals surface area contributed by atoms with Crippen LogP contribution in [0.5, 0.6) is 0 Å². The number of carboxylic acids is 1. The van der Waals surface area contributed by atoms with E-state index < -0.39 is 5.97 Å². The van der Waals surface area contributed by atoms with Crippen LogP contribution >= 0.6 is 0 Å². The molecule has 1 saturated heterocycles. The van der Waals surface area contributed by atoms with Crippen molar-refractivity contribution in [1.29, 1.82) is 0 Å². The predicted molar refractivity (Wildman–Crippen MR) is 79.0 cm³/mol. The van der Waals surface area contributed by atoms with Crippen LogP contribution in [-0.2, 0) is 4.79 Å². The number of carbonyl (C=O) groups is 1. The van der Waals surface area contributed by atoms with Crippen LogP contribution in [-0.4, -0.2) is 24.2 Å². The highest BCUT2D eigenvalue weighted by molar-refractivity contribution is 5.70. The fraction of sp³-hybridized carbons (Fsp3) is 0.875. The van der Waals surface area contributed by atoms with Gasteiger partial charge in [-0.1, -0.05) is 45.4 Å². The Kier molecular flexibility index (Phi) is 8.89. The van der Waals surface area contributed by atoms with E-state index in [1.807, 2.05) is 0 Å². The van der Waals surface area contributed by atoms with E-state index in [2.05, 4.69) is 18.7 Å². The van der Waals surface area contributed by atoms with E-state index in [9.17, 15) is 4.79 Å². The van der Waals surface area contributed by atoms with Gasteiger partial charge in [0.1, 0.15) is 0 Å². The molecule has 19 heavy (non-hydrogen) atoms. The molecular weight excluding hydrogens is 238 g/mol. The van der Waals surface area contributed by atoms with Crippen molar-refractivity contribution >= 4 is 5.97 Å². The molecule has 2 rings (SSSR count). The zero-order valence-corrected chi connectivity index (χ0v) is 12.4. The summed E-state index contributed by atoms with van der Waals surface area (Å²) >= 11 is 0. The standard InChI is InChI=1S/C10H19.C6H11NO2/c1-2-3-7-10-8-5-4-6-9-10;8-6(9)5-1-3-7-4-2-5/h5,10H,2-4,6-9H2,1H3;5,7H,1-4H2,(H,8,9). The van der Waals surface area contributed by atoms with E-state index in [1.165, 1.54) is 44.9 Å². The Morgan fingerprint density at radius 3 is 2.53 bits per heavy atom. The molecule has 111 valence electrons. The molecule has 1 unspecified atom stereocenters. The van der Waals surface area contributed by atoms with E-state index in [4.69, 9.17) is 5.11 Å². The zero-order valence-electron chi connectivity index (χ0n) is 12.4. The highest BCUT2D eigenvalue weighted by atomic mass is 16.4. The number of hydrogen-bond acceptors (Lipinski definition) is 2. The molecule has 1 heterocycles. The normalized spacial score (nSPS) is 21.5. The van der Waals surface area contributed by atoms with Crippen LogP contribution in [0.25, 0.3) is 0 Å². The van der Waals surface area contributed by atoms with Crippen molar-refractivity contribution in [3.8, 4) is 0 Å². The summed E-state index contributed by atoms with van der Waals surface area (Å²) in [7, 11) is 0. The minimum atomic E-state index is -0.642. The lowest BCUT2D eigenvalue weighted by molar-refractivity contribution is -0.142. The molecule has 3 nitrogen and oxygen atoms in total. The molecule has 0 bridgehead atoms. The Balaban J connectivity index is 0.000000191. The number of piperidine rings is 1. The molecule has 0 aromatic carbocycles. The minimum Gasteiger partial charge on any atom is -0.481 e. The number of unbranched alkanes of at least 4 members (excludes halogenated alkanes) is 1. The number of aliphatic carboxylic acids is 1. The number of carboxylic acid groups (broad SMARTS) is 1. The first kappa shape index (κ1) is 16.5. The van der Waals surface area contributed by atoms with Gasteiger partial charge >= 0.3 is 5.97 Å². The second-order valence-corrected chi connectivity index (χ2v) is 5.83. The third kappa shape index (κ3) is 7.56. The Labute approximate surface area is 118 Å². The molecule has 1 saturated carbocycles. The van der Waals surface area contributed by atoms with Crippen molar-refractivity contribution in [3.05, 3.63) is 6.42 Å². The van der Waals surface area contributed by atoms with E-state index in [1.54, 1.807) is 0 Å². The fourth-order valence-electron chi connectivity index (χ4n) is 2.85. The summed E-state index contributed by atoms with van der Waals surface area (Å²) in [5, 5.41) is 11.6. The molecule has 2 N–H and O–H groups in total. The summed E-state index contributed by atoms with van der Waals surface area (Å²) in [6, 6.07) is 0. The molecule has 1 radical (unpaired) electrons. The maximum absolute atomic E-state index is 10.3. The van der Waals surface area contributed by atoms with Gasteiger partial charge in [0.25, 0.3) is 0 Å². The maximum atomic E-state index is 10.3. The summed E-state index contributed by atoms with van der Waals surface area (Å²) in [4.78, 5) is 10.3. The van der Waals surface area contributed by atoms with E-state index >= 15 is 0 Å². The lowest BCUT2D eigenvalue weighted by atomic mass is 9.86. The zero-order chi connectivity index (χ0) is 13.9. The molecule has 1 aliphatic heterocycles. The summed E-state index contributed by atoms with van der Waals surface area (Å²) in [5.74, 6) is 0.316. The van der Waals surface area contributed by atoms with Crippen LogP contribution < -0.4 is 5.32 Å². The monoisotopic (exact) mass is 268 g/mol. The van der Waals surface area contributed by atoms with Crippen LogP contribution in [0.1, 0.15) is 64.7 Å². The van der Waals surface area contributed by atoms with Crippen molar-refractivity contribution in [3.63, 3.8) is 0 Å². The first-order valence-electron chi connectivity index (χ1n) is 7.99. The van der Waals surface area contributed by atoms with Crippen LogP contribution in [0, 0.1) is 18.3 Å². The molecule has 0 amide bonds. The van der Waals surface area contributed by atoms with Crippen molar-refractivity contribution < 1.29 is 9.90 Å². The Bertz CT molecular complexity index is 231. The number of rotatable bonds is 4. The molecule has 2 aliphatic rings. The van der Waals surface area contributed by atoms with E-state index in [0.29, 0.717) is 0 Å². The third-order valence-corrected chi connectivity index (χ3v) is 4.17. The Hall–Kier alpha value is -0.570. The maximum Gasteiger partial charge on any atom is 0.306 e. The van der Waals surface area contributed by atoms with E-state index in [0.717, 1.165) is 31.8 Å². The summed E-state index contributed by atoms with van der Waals surface area (Å²) in [5.41, 5.74) is 0. The lowest BCUT2D eigenvalue weighted by Crippen LogP contribution is -2.31. The second kappa shape index (κ2) is 10.2. The number of hydrogen-bond donors (Lipinski definition) is 2. The molecule has 0 aromatic rings. The smallest absolute Gasteiger partial charge is 0.306 e. The summed E-state index contributed by atoms with van der Waals surface area (Å²) in [6.07, 6.45) is 14.1. The van der Waals surface area contributed by atoms with Crippen LogP contribution in [0.15, 0.2) is 0 Å². The van der Waals surface area contributed by atoms with Gasteiger partial charge in [-0.3, -0.25) is 4.79 Å². The first-order chi connectivity index (χ1) is 9.24. The van der Waals surface area contributed by atoms with Gasteiger partial charge in [0, 0.05) is 0 Å². The van der Waals surface area contributed by atoms with Crippen LogP contribution in [0.2, 0.25) is 0 Å². The van der Waals surface area contributed by atoms with Gasteiger partial charge in [0.2, 0.25) is 0 Å². The molecule has 3 heteroatoms. The Morgan fingerprint density at radius 1 is 1.32 bits per heavy atom. The largest absolute Gasteiger partial charge is 0.481 e. The van der Waals surface area contributed by atoms with Gasteiger partial charge in [-0.05, 0) is 44.7 Å². The minimum absolute atomic E-state index is 0.0914. The van der Waals surface area contributed by atoms with Gasteiger partial charge < -0.3 is 10.4 Å². The molecule has 0 aromatic heterocycles. The van der Waals surface area contributed by atoms with Crippen molar-refractivity contribution in [1.82, 2.24) is 5.32 Å². The third-order valence-electron chi connectivity index (χ3n) is 4.17. The quantitative estimate of drug-likeness (QED) is 0.818. The van der Waals surface area contributed by atoms with Crippen molar-refractivity contribution in [2.24, 2.45) is 11.8 Å². The molecular formula is C16H30NO2. The Morgan fingerprint density at radius 2 is 2.05 bits per heavy atom. The van der Waals surface area contributed by atoms with Gasteiger partial charge in [0.05, 0.1) is 5.92 Å². The average molecular weight is 268 g/mol. The van der Waals surface area contributed by atoms with Crippen molar-refractivity contribution in [2.45, 2.75) is 64.7 Å². The topological polar surface area (TPSA) is 49.3 Å². The van der Waals surface area contributed by atoms with E-state index in [-0.39, 0.29) is 5.92 Å². The van der Waals surface area contributed by atoms with Gasteiger partial charge in [0.15, 0.2) is 0 Å². The van der Waals surface area contributed by atoms with Gasteiger partial charge in [-0.25, -0.2) is 0 Å². The van der Waals surface area contributed by atoms with Gasteiger partial charge in [-0.15, -0.1) is 0 Å². The SMILES string of the molecule is CCCCC1C[CH]CCC1.O=C(O)C1CCNCC1. The van der Waals surface area contributed by atoms with Crippen LogP contribution in [0.4, 0.5) is 0 Å². The molecule has 1 atom stereocenters. The fourth-order valence-corrected chi connectivity index (χ4v) is 2.85. The lowest BCUT2D eigenvalue weighted by Gasteiger charge is -2.20. The second-order valence-electron chi connectivity index (χ2n) is 5.83. The number of nitrogens with one attached hydrogen (secondary N) is 1. The molecule has 2 fully saturated rings. The van der Waals surface area contributed by atoms with Crippen molar-refractivity contribution in [2.75, 3.05) is 13.1 Å².